The summed E-state index contributed by atoms with van der Waals surface area (Å²) in [6, 6.07) is 6.70. The smallest absolute Gasteiger partial charge is 0.332 e. The predicted octanol–water partition coefficient (Wildman–Crippen LogP) is 2.85. The van der Waals surface area contributed by atoms with Crippen LogP contribution in [0.5, 0.6) is 0 Å². The Kier molecular flexibility index (Phi) is 5.03. The highest BCUT2D eigenvalue weighted by molar-refractivity contribution is 7.09. The largest absolute Gasteiger partial charge is 0.464 e. The highest BCUT2D eigenvalue weighted by atomic mass is 32.1. The molecular formula is C15H17FN2O2S. The van der Waals surface area contributed by atoms with Crippen LogP contribution in [0.2, 0.25) is 0 Å². The molecule has 0 fully saturated rings. The highest BCUT2D eigenvalue weighted by Gasteiger charge is 2.37. The Morgan fingerprint density at radius 3 is 2.86 bits per heavy atom. The molecule has 0 aliphatic rings. The zero-order valence-corrected chi connectivity index (χ0v) is 12.7. The van der Waals surface area contributed by atoms with Crippen LogP contribution in [0.4, 0.5) is 4.39 Å². The second-order valence-corrected chi connectivity index (χ2v) is 5.67. The van der Waals surface area contributed by atoms with Crippen molar-refractivity contribution in [1.82, 2.24) is 10.3 Å². The van der Waals surface area contributed by atoms with E-state index in [0.29, 0.717) is 12.2 Å². The van der Waals surface area contributed by atoms with Gasteiger partial charge in [0.05, 0.1) is 18.5 Å². The molecule has 2 heterocycles. The Hall–Kier alpha value is -1.79. The van der Waals surface area contributed by atoms with Crippen molar-refractivity contribution in [2.75, 3.05) is 6.61 Å². The first kappa shape index (κ1) is 15.6. The average Bonchev–Trinajstić information content (AvgIpc) is 2.99. The number of nitrogens with zero attached hydrogens (tertiary/aromatic N) is 1. The van der Waals surface area contributed by atoms with E-state index in [1.165, 1.54) is 12.1 Å². The van der Waals surface area contributed by atoms with Crippen molar-refractivity contribution >= 4 is 17.3 Å². The van der Waals surface area contributed by atoms with E-state index >= 15 is 0 Å². The van der Waals surface area contributed by atoms with Crippen molar-refractivity contribution in [2.45, 2.75) is 25.9 Å². The summed E-state index contributed by atoms with van der Waals surface area (Å²) in [6.45, 7) is 4.22. The Morgan fingerprint density at radius 2 is 2.29 bits per heavy atom. The summed E-state index contributed by atoms with van der Waals surface area (Å²) in [7, 11) is 0. The summed E-state index contributed by atoms with van der Waals surface area (Å²) in [4.78, 5) is 17.4. The fraction of sp³-hybridized carbons (Fsp3) is 0.333. The van der Waals surface area contributed by atoms with E-state index in [4.69, 9.17) is 4.74 Å². The molecule has 0 aromatic carbocycles. The number of rotatable bonds is 6. The van der Waals surface area contributed by atoms with Crippen molar-refractivity contribution in [1.29, 1.82) is 0 Å². The molecule has 2 rings (SSSR count). The van der Waals surface area contributed by atoms with Gasteiger partial charge in [0.25, 0.3) is 0 Å². The molecule has 1 N–H and O–H groups in total. The molecule has 4 nitrogen and oxygen atoms in total. The van der Waals surface area contributed by atoms with Crippen LogP contribution in [0.3, 0.4) is 0 Å². The Morgan fingerprint density at radius 1 is 1.48 bits per heavy atom. The lowest BCUT2D eigenvalue weighted by atomic mass is 9.97. The predicted molar refractivity (Wildman–Crippen MR) is 79.3 cm³/mol. The summed E-state index contributed by atoms with van der Waals surface area (Å²) in [6.07, 6.45) is 1.10. The van der Waals surface area contributed by atoms with Gasteiger partial charge in [-0.1, -0.05) is 6.07 Å². The molecule has 0 radical (unpaired) electrons. The van der Waals surface area contributed by atoms with E-state index in [-0.39, 0.29) is 6.61 Å². The maximum Gasteiger partial charge on any atom is 0.332 e. The highest BCUT2D eigenvalue weighted by Crippen LogP contribution is 2.22. The molecule has 0 spiro atoms. The first-order valence-corrected chi connectivity index (χ1v) is 7.51. The first-order valence-electron chi connectivity index (χ1n) is 6.63. The molecule has 0 aliphatic heterocycles. The third kappa shape index (κ3) is 3.65. The number of halogens is 1. The number of aromatic nitrogens is 1. The number of hydrogen-bond acceptors (Lipinski definition) is 5. The number of nitrogens with one attached hydrogen (secondary N) is 1. The third-order valence-corrected chi connectivity index (χ3v) is 4.00. The van der Waals surface area contributed by atoms with Gasteiger partial charge in [0.2, 0.25) is 0 Å². The lowest BCUT2D eigenvalue weighted by Gasteiger charge is -2.27. The first-order chi connectivity index (χ1) is 10.1. The van der Waals surface area contributed by atoms with Crippen LogP contribution in [0.15, 0.2) is 35.8 Å². The zero-order valence-electron chi connectivity index (χ0n) is 11.9. The summed E-state index contributed by atoms with van der Waals surface area (Å²) >= 11 is 1.59. The molecule has 6 heteroatoms. The molecule has 112 valence electrons. The van der Waals surface area contributed by atoms with Crippen LogP contribution < -0.4 is 5.32 Å². The molecule has 0 saturated heterocycles. The quantitative estimate of drug-likeness (QED) is 0.834. The molecule has 0 aliphatic carbocycles. The van der Waals surface area contributed by atoms with Gasteiger partial charge in [0.15, 0.2) is 5.54 Å². The molecule has 21 heavy (non-hydrogen) atoms. The summed E-state index contributed by atoms with van der Waals surface area (Å²) in [5.41, 5.74) is -0.688. The van der Waals surface area contributed by atoms with E-state index in [1.807, 2.05) is 17.5 Å². The van der Waals surface area contributed by atoms with Crippen molar-refractivity contribution in [3.05, 3.63) is 52.2 Å². The Labute approximate surface area is 127 Å². The maximum atomic E-state index is 13.0. The van der Waals surface area contributed by atoms with Gasteiger partial charge in [-0.2, -0.15) is 0 Å². The summed E-state index contributed by atoms with van der Waals surface area (Å²) < 4.78 is 18.2. The van der Waals surface area contributed by atoms with E-state index in [9.17, 15) is 9.18 Å². The van der Waals surface area contributed by atoms with Gasteiger partial charge >= 0.3 is 5.97 Å². The van der Waals surface area contributed by atoms with Gasteiger partial charge in [-0.3, -0.25) is 10.3 Å². The van der Waals surface area contributed by atoms with E-state index < -0.39 is 17.3 Å². The van der Waals surface area contributed by atoms with E-state index in [0.717, 1.165) is 11.1 Å². The molecule has 1 unspecified atom stereocenters. The van der Waals surface area contributed by atoms with Crippen LogP contribution in [0.25, 0.3) is 0 Å². The minimum Gasteiger partial charge on any atom is -0.464 e. The summed E-state index contributed by atoms with van der Waals surface area (Å²) in [5, 5.41) is 5.14. The molecule has 1 atom stereocenters. The molecule has 0 bridgehead atoms. The standard InChI is InChI=1S/C15H17FN2O2S/c1-3-20-14(19)15(2,13-7-6-11(16)9-17-13)18-10-12-5-4-8-21-12/h4-9,18H,3,10H2,1-2H3. The minimum atomic E-state index is -1.12. The Balaban J connectivity index is 2.24. The van der Waals surface area contributed by atoms with Gasteiger partial charge in [-0.05, 0) is 37.4 Å². The third-order valence-electron chi connectivity index (χ3n) is 3.12. The summed E-state index contributed by atoms with van der Waals surface area (Å²) in [5.74, 6) is -0.871. The zero-order chi connectivity index (χ0) is 15.3. The number of ether oxygens (including phenoxy) is 1. The van der Waals surface area contributed by atoms with Crippen LogP contribution in [-0.4, -0.2) is 17.6 Å². The number of pyridine rings is 1. The van der Waals surface area contributed by atoms with Gasteiger partial charge in [-0.15, -0.1) is 11.3 Å². The van der Waals surface area contributed by atoms with Crippen molar-refractivity contribution in [3.8, 4) is 0 Å². The topological polar surface area (TPSA) is 51.2 Å². The average molecular weight is 308 g/mol. The number of carbonyl (C=O) groups excluding carboxylic acids is 1. The lowest BCUT2D eigenvalue weighted by Crippen LogP contribution is -2.47. The van der Waals surface area contributed by atoms with Crippen LogP contribution in [-0.2, 0) is 21.6 Å². The molecule has 0 saturated carbocycles. The lowest BCUT2D eigenvalue weighted by molar-refractivity contribution is -0.151. The SMILES string of the molecule is CCOC(=O)C(C)(NCc1cccs1)c1ccc(F)cn1. The maximum absolute atomic E-state index is 13.0. The number of hydrogen-bond donors (Lipinski definition) is 1. The fourth-order valence-electron chi connectivity index (χ4n) is 1.89. The second kappa shape index (κ2) is 6.78. The van der Waals surface area contributed by atoms with Gasteiger partial charge in [0.1, 0.15) is 5.82 Å². The van der Waals surface area contributed by atoms with Crippen LogP contribution in [0, 0.1) is 5.82 Å². The number of thiophene rings is 1. The van der Waals surface area contributed by atoms with Crippen LogP contribution >= 0.6 is 11.3 Å². The van der Waals surface area contributed by atoms with Gasteiger partial charge in [0, 0.05) is 11.4 Å². The van der Waals surface area contributed by atoms with Crippen molar-refractivity contribution in [3.63, 3.8) is 0 Å². The van der Waals surface area contributed by atoms with Gasteiger partial charge in [-0.25, -0.2) is 9.18 Å². The molecular weight excluding hydrogens is 291 g/mol. The number of carbonyl (C=O) groups is 1. The van der Waals surface area contributed by atoms with Gasteiger partial charge < -0.3 is 4.74 Å². The van der Waals surface area contributed by atoms with Crippen molar-refractivity contribution in [2.24, 2.45) is 0 Å². The van der Waals surface area contributed by atoms with Crippen LogP contribution in [0.1, 0.15) is 24.4 Å². The van der Waals surface area contributed by atoms with Crippen molar-refractivity contribution < 1.29 is 13.9 Å². The monoisotopic (exact) mass is 308 g/mol. The second-order valence-electron chi connectivity index (χ2n) is 4.64. The Bertz CT molecular complexity index is 586. The molecule has 2 aromatic rings. The minimum absolute atomic E-state index is 0.274. The molecule has 2 aromatic heterocycles. The van der Waals surface area contributed by atoms with E-state index in [2.05, 4.69) is 10.3 Å². The number of esters is 1. The normalized spacial score (nSPS) is 13.7. The van der Waals surface area contributed by atoms with E-state index in [1.54, 1.807) is 25.2 Å². The fourth-order valence-corrected chi connectivity index (χ4v) is 2.54. The molecule has 0 amide bonds.